The maximum absolute atomic E-state index is 6.05. The third-order valence-corrected chi connectivity index (χ3v) is 3.75. The lowest BCUT2D eigenvalue weighted by molar-refractivity contribution is 0.529. The summed E-state index contributed by atoms with van der Waals surface area (Å²) < 4.78 is 0. The number of hydrogen-bond acceptors (Lipinski definition) is 2. The Morgan fingerprint density at radius 2 is 2.18 bits per heavy atom. The molecule has 0 amide bonds. The van der Waals surface area contributed by atoms with Gasteiger partial charge in [0, 0.05) is 24.8 Å². The molecule has 17 heavy (non-hydrogen) atoms. The molecule has 0 bridgehead atoms. The van der Waals surface area contributed by atoms with Crippen LogP contribution in [0.4, 0.5) is 5.69 Å². The second kappa shape index (κ2) is 5.54. The van der Waals surface area contributed by atoms with Crippen molar-refractivity contribution >= 4 is 5.69 Å². The monoisotopic (exact) mass is 232 g/mol. The van der Waals surface area contributed by atoms with Crippen molar-refractivity contribution in [2.45, 2.75) is 39.2 Å². The number of benzene rings is 1. The maximum atomic E-state index is 6.05. The summed E-state index contributed by atoms with van der Waals surface area (Å²) in [6.07, 6.45) is 3.99. The largest absolute Gasteiger partial charge is 0.371 e. The maximum Gasteiger partial charge on any atom is 0.0414 e. The van der Waals surface area contributed by atoms with E-state index in [9.17, 15) is 0 Å². The first-order chi connectivity index (χ1) is 8.22. The van der Waals surface area contributed by atoms with Crippen LogP contribution in [0.5, 0.6) is 0 Å². The SMILES string of the molecule is CCCC1CCN(c2ccccc2[C@H](C)N)C1. The molecular weight excluding hydrogens is 208 g/mol. The fraction of sp³-hybridized carbons (Fsp3) is 0.600. The van der Waals surface area contributed by atoms with Crippen molar-refractivity contribution in [3.8, 4) is 0 Å². The van der Waals surface area contributed by atoms with E-state index in [1.807, 2.05) is 0 Å². The third-order valence-electron chi connectivity index (χ3n) is 3.75. The molecule has 1 aromatic rings. The van der Waals surface area contributed by atoms with Crippen LogP contribution in [0.2, 0.25) is 0 Å². The zero-order valence-corrected chi connectivity index (χ0v) is 11.0. The van der Waals surface area contributed by atoms with Crippen molar-refractivity contribution in [1.82, 2.24) is 0 Å². The van der Waals surface area contributed by atoms with Gasteiger partial charge in [0.05, 0.1) is 0 Å². The predicted molar refractivity (Wildman–Crippen MR) is 74.3 cm³/mol. The van der Waals surface area contributed by atoms with Crippen LogP contribution in [-0.4, -0.2) is 13.1 Å². The molecule has 0 spiro atoms. The Hall–Kier alpha value is -1.02. The van der Waals surface area contributed by atoms with Crippen molar-refractivity contribution < 1.29 is 0 Å². The van der Waals surface area contributed by atoms with E-state index in [1.54, 1.807) is 0 Å². The third kappa shape index (κ3) is 2.81. The fourth-order valence-electron chi connectivity index (χ4n) is 2.86. The number of nitrogens with zero attached hydrogens (tertiary/aromatic N) is 1. The van der Waals surface area contributed by atoms with Gasteiger partial charge in [0.15, 0.2) is 0 Å². The molecule has 2 nitrogen and oxygen atoms in total. The first kappa shape index (κ1) is 12.4. The van der Waals surface area contributed by atoms with Crippen LogP contribution >= 0.6 is 0 Å². The summed E-state index contributed by atoms with van der Waals surface area (Å²) in [4.78, 5) is 2.51. The average molecular weight is 232 g/mol. The van der Waals surface area contributed by atoms with Gasteiger partial charge in [0.1, 0.15) is 0 Å². The lowest BCUT2D eigenvalue weighted by Crippen LogP contribution is -2.22. The van der Waals surface area contributed by atoms with Gasteiger partial charge in [0.25, 0.3) is 0 Å². The predicted octanol–water partition coefficient (Wildman–Crippen LogP) is 3.33. The molecule has 0 aliphatic carbocycles. The van der Waals surface area contributed by atoms with E-state index in [4.69, 9.17) is 5.73 Å². The molecule has 2 atom stereocenters. The molecule has 2 heteroatoms. The molecule has 1 aliphatic rings. The molecule has 1 aliphatic heterocycles. The van der Waals surface area contributed by atoms with Gasteiger partial charge < -0.3 is 10.6 Å². The quantitative estimate of drug-likeness (QED) is 0.862. The summed E-state index contributed by atoms with van der Waals surface area (Å²) in [6.45, 7) is 6.74. The van der Waals surface area contributed by atoms with E-state index in [-0.39, 0.29) is 6.04 Å². The number of hydrogen-bond donors (Lipinski definition) is 1. The van der Waals surface area contributed by atoms with Crippen LogP contribution in [0.1, 0.15) is 44.7 Å². The molecule has 2 rings (SSSR count). The molecule has 1 fully saturated rings. The molecule has 94 valence electrons. The molecule has 1 unspecified atom stereocenters. The topological polar surface area (TPSA) is 29.3 Å². The Bertz CT molecular complexity index is 360. The Morgan fingerprint density at radius 3 is 2.88 bits per heavy atom. The number of nitrogens with two attached hydrogens (primary N) is 1. The van der Waals surface area contributed by atoms with Crippen molar-refractivity contribution in [3.05, 3.63) is 29.8 Å². The summed E-state index contributed by atoms with van der Waals surface area (Å²) in [7, 11) is 0. The molecule has 0 radical (unpaired) electrons. The van der Waals surface area contributed by atoms with E-state index in [1.165, 1.54) is 43.6 Å². The number of para-hydroxylation sites is 1. The van der Waals surface area contributed by atoms with E-state index < -0.39 is 0 Å². The minimum atomic E-state index is 0.122. The van der Waals surface area contributed by atoms with E-state index >= 15 is 0 Å². The van der Waals surface area contributed by atoms with E-state index in [0.717, 1.165) is 5.92 Å². The standard InChI is InChI=1S/C15H24N2/c1-3-6-13-9-10-17(11-13)15-8-5-4-7-14(15)12(2)16/h4-5,7-8,12-13H,3,6,9-11,16H2,1-2H3/t12-,13?/m0/s1. The highest BCUT2D eigenvalue weighted by Crippen LogP contribution is 2.31. The highest BCUT2D eigenvalue weighted by molar-refractivity contribution is 5.55. The van der Waals surface area contributed by atoms with Gasteiger partial charge in [-0.2, -0.15) is 0 Å². The minimum Gasteiger partial charge on any atom is -0.371 e. The molecule has 1 aromatic carbocycles. The Kier molecular flexibility index (Phi) is 4.06. The van der Waals surface area contributed by atoms with Crippen molar-refractivity contribution in [1.29, 1.82) is 0 Å². The molecule has 2 N–H and O–H groups in total. The highest BCUT2D eigenvalue weighted by atomic mass is 15.2. The lowest BCUT2D eigenvalue weighted by atomic mass is 10.0. The summed E-state index contributed by atoms with van der Waals surface area (Å²) in [5.74, 6) is 0.876. The Labute approximate surface area is 105 Å². The first-order valence-electron chi connectivity index (χ1n) is 6.81. The average Bonchev–Trinajstić information content (AvgIpc) is 2.78. The van der Waals surface area contributed by atoms with Gasteiger partial charge in [-0.1, -0.05) is 31.5 Å². The summed E-state index contributed by atoms with van der Waals surface area (Å²) >= 11 is 0. The summed E-state index contributed by atoms with van der Waals surface area (Å²) in [5, 5.41) is 0. The van der Waals surface area contributed by atoms with Crippen molar-refractivity contribution in [3.63, 3.8) is 0 Å². The fourth-order valence-corrected chi connectivity index (χ4v) is 2.86. The Balaban J connectivity index is 2.13. The van der Waals surface area contributed by atoms with Gasteiger partial charge in [-0.15, -0.1) is 0 Å². The zero-order chi connectivity index (χ0) is 12.3. The van der Waals surface area contributed by atoms with Gasteiger partial charge in [0.2, 0.25) is 0 Å². The Morgan fingerprint density at radius 1 is 1.41 bits per heavy atom. The van der Waals surface area contributed by atoms with Crippen molar-refractivity contribution in [2.24, 2.45) is 11.7 Å². The van der Waals surface area contributed by atoms with Crippen LogP contribution in [0.25, 0.3) is 0 Å². The molecule has 0 saturated carbocycles. The molecular formula is C15H24N2. The molecule has 1 saturated heterocycles. The minimum absolute atomic E-state index is 0.122. The van der Waals surface area contributed by atoms with Crippen LogP contribution < -0.4 is 10.6 Å². The van der Waals surface area contributed by atoms with Gasteiger partial charge in [-0.3, -0.25) is 0 Å². The first-order valence-corrected chi connectivity index (χ1v) is 6.81. The number of rotatable bonds is 4. The van der Waals surface area contributed by atoms with Gasteiger partial charge in [-0.25, -0.2) is 0 Å². The van der Waals surface area contributed by atoms with Crippen LogP contribution in [0, 0.1) is 5.92 Å². The van der Waals surface area contributed by atoms with E-state index in [2.05, 4.69) is 43.0 Å². The molecule has 1 heterocycles. The highest BCUT2D eigenvalue weighted by Gasteiger charge is 2.23. The summed E-state index contributed by atoms with van der Waals surface area (Å²) in [5.41, 5.74) is 8.68. The van der Waals surface area contributed by atoms with Crippen LogP contribution in [0.3, 0.4) is 0 Å². The number of anilines is 1. The van der Waals surface area contributed by atoms with E-state index in [0.29, 0.717) is 0 Å². The van der Waals surface area contributed by atoms with Gasteiger partial charge >= 0.3 is 0 Å². The van der Waals surface area contributed by atoms with Crippen LogP contribution in [-0.2, 0) is 0 Å². The smallest absolute Gasteiger partial charge is 0.0414 e. The lowest BCUT2D eigenvalue weighted by Gasteiger charge is -2.23. The van der Waals surface area contributed by atoms with Crippen LogP contribution in [0.15, 0.2) is 24.3 Å². The second-order valence-corrected chi connectivity index (χ2v) is 5.24. The molecule has 0 aromatic heterocycles. The van der Waals surface area contributed by atoms with Gasteiger partial charge in [-0.05, 0) is 37.3 Å². The normalized spacial score (nSPS) is 21.8. The zero-order valence-electron chi connectivity index (χ0n) is 11.0. The van der Waals surface area contributed by atoms with Crippen molar-refractivity contribution in [2.75, 3.05) is 18.0 Å². The second-order valence-electron chi connectivity index (χ2n) is 5.24. The summed E-state index contributed by atoms with van der Waals surface area (Å²) in [6, 6.07) is 8.70.